The van der Waals surface area contributed by atoms with Crippen LogP contribution < -0.4 is 15.4 Å². The van der Waals surface area contributed by atoms with E-state index in [1.54, 1.807) is 16.9 Å². The molecule has 0 bridgehead atoms. The summed E-state index contributed by atoms with van der Waals surface area (Å²) in [5, 5.41) is 9.08. The highest BCUT2D eigenvalue weighted by atomic mass is 19.3. The van der Waals surface area contributed by atoms with Gasteiger partial charge in [0.15, 0.2) is 6.61 Å². The summed E-state index contributed by atoms with van der Waals surface area (Å²) < 4.78 is 30.6. The Bertz CT molecular complexity index is 632. The Labute approximate surface area is 125 Å². The fourth-order valence-corrected chi connectivity index (χ4v) is 1.59. The average Bonchev–Trinajstić information content (AvgIpc) is 2.93. The summed E-state index contributed by atoms with van der Waals surface area (Å²) in [6, 6.07) is 3.97. The first-order valence-corrected chi connectivity index (χ1v) is 6.55. The Morgan fingerprint density at radius 1 is 1.41 bits per heavy atom. The summed E-state index contributed by atoms with van der Waals surface area (Å²) in [5.41, 5.74) is 0.532. The van der Waals surface area contributed by atoms with Crippen LogP contribution in [-0.4, -0.2) is 33.8 Å². The van der Waals surface area contributed by atoms with Crippen molar-refractivity contribution >= 4 is 17.5 Å². The van der Waals surface area contributed by atoms with E-state index < -0.39 is 19.1 Å². The Hall–Kier alpha value is -2.71. The molecule has 0 unspecified atom stereocenters. The lowest BCUT2D eigenvalue weighted by atomic mass is 10.4. The molecule has 2 N–H and O–H groups in total. The van der Waals surface area contributed by atoms with E-state index >= 15 is 0 Å². The number of carbonyl (C=O) groups excluding carboxylic acids is 1. The van der Waals surface area contributed by atoms with Crippen molar-refractivity contribution < 1.29 is 18.3 Å². The van der Waals surface area contributed by atoms with Gasteiger partial charge in [0.25, 0.3) is 6.43 Å². The fraction of sp³-hybridized carbons (Fsp3) is 0.308. The third kappa shape index (κ3) is 4.69. The summed E-state index contributed by atoms with van der Waals surface area (Å²) in [6.07, 6.45) is 0.602. The van der Waals surface area contributed by atoms with Gasteiger partial charge in [-0.3, -0.25) is 10.00 Å². The van der Waals surface area contributed by atoms with Crippen LogP contribution in [0.25, 0.3) is 0 Å². The molecule has 0 saturated heterocycles. The Balaban J connectivity index is 1.91. The highest BCUT2D eigenvalue weighted by molar-refractivity contribution is 5.98. The van der Waals surface area contributed by atoms with E-state index in [1.807, 2.05) is 6.92 Å². The Kier molecular flexibility index (Phi) is 5.23. The van der Waals surface area contributed by atoms with Crippen molar-refractivity contribution in [2.45, 2.75) is 19.9 Å². The first-order chi connectivity index (χ1) is 10.6. The smallest absolute Gasteiger partial charge is 0.324 e. The number of urea groups is 1. The number of halogens is 2. The summed E-state index contributed by atoms with van der Waals surface area (Å²) in [7, 11) is 0. The lowest BCUT2D eigenvalue weighted by Gasteiger charge is -2.08. The van der Waals surface area contributed by atoms with Crippen molar-refractivity contribution in [2.24, 2.45) is 0 Å². The summed E-state index contributed by atoms with van der Waals surface area (Å²) in [5.74, 6) is 0.198. The van der Waals surface area contributed by atoms with Crippen LogP contribution in [0.4, 0.5) is 25.1 Å². The third-order valence-electron chi connectivity index (χ3n) is 2.54. The van der Waals surface area contributed by atoms with E-state index in [0.717, 1.165) is 0 Å². The van der Waals surface area contributed by atoms with E-state index in [0.29, 0.717) is 12.2 Å². The van der Waals surface area contributed by atoms with Gasteiger partial charge in [0.1, 0.15) is 5.82 Å². The zero-order valence-corrected chi connectivity index (χ0v) is 11.8. The zero-order valence-electron chi connectivity index (χ0n) is 11.8. The molecule has 0 aliphatic rings. The van der Waals surface area contributed by atoms with Crippen molar-refractivity contribution in [1.29, 1.82) is 0 Å². The number of hydrogen-bond donors (Lipinski definition) is 2. The van der Waals surface area contributed by atoms with Gasteiger partial charge in [-0.15, -0.1) is 0 Å². The molecule has 2 heterocycles. The highest BCUT2D eigenvalue weighted by Crippen LogP contribution is 2.13. The summed E-state index contributed by atoms with van der Waals surface area (Å²) in [4.78, 5) is 15.7. The molecule has 9 heteroatoms. The molecular formula is C13H15F2N5O2. The van der Waals surface area contributed by atoms with Crippen LogP contribution in [0.1, 0.15) is 6.92 Å². The number of pyridine rings is 1. The van der Waals surface area contributed by atoms with Gasteiger partial charge in [0.05, 0.1) is 11.9 Å². The molecule has 0 radical (unpaired) electrons. The molecule has 0 aliphatic carbocycles. The first-order valence-electron chi connectivity index (χ1n) is 6.55. The minimum absolute atomic E-state index is 0.0110. The second kappa shape index (κ2) is 7.34. The molecule has 2 rings (SSSR count). The number of carbonyl (C=O) groups is 1. The van der Waals surface area contributed by atoms with Crippen LogP contribution in [0, 0.1) is 0 Å². The number of aryl methyl sites for hydroxylation is 1. The van der Waals surface area contributed by atoms with E-state index in [4.69, 9.17) is 4.74 Å². The summed E-state index contributed by atoms with van der Waals surface area (Å²) in [6.45, 7) is 1.86. The van der Waals surface area contributed by atoms with E-state index in [1.165, 1.54) is 18.3 Å². The maximum atomic E-state index is 12.1. The molecule has 0 fully saturated rings. The molecule has 0 aromatic carbocycles. The molecule has 2 aromatic rings. The predicted molar refractivity (Wildman–Crippen MR) is 76.3 cm³/mol. The lowest BCUT2D eigenvalue weighted by Crippen LogP contribution is -2.20. The van der Waals surface area contributed by atoms with E-state index in [9.17, 15) is 13.6 Å². The molecule has 2 amide bonds. The fourth-order valence-electron chi connectivity index (χ4n) is 1.59. The topological polar surface area (TPSA) is 81.1 Å². The van der Waals surface area contributed by atoms with Crippen molar-refractivity contribution in [2.75, 3.05) is 17.2 Å². The number of nitrogens with zero attached hydrogens (tertiary/aromatic N) is 3. The predicted octanol–water partition coefficient (Wildman–Crippen LogP) is 2.59. The van der Waals surface area contributed by atoms with Crippen LogP contribution in [0.2, 0.25) is 0 Å². The van der Waals surface area contributed by atoms with Gasteiger partial charge in [-0.25, -0.2) is 13.6 Å². The maximum absolute atomic E-state index is 12.1. The second-order valence-corrected chi connectivity index (χ2v) is 4.23. The Morgan fingerprint density at radius 3 is 2.91 bits per heavy atom. The molecule has 0 atom stereocenters. The van der Waals surface area contributed by atoms with Crippen molar-refractivity contribution in [3.63, 3.8) is 0 Å². The molecular weight excluding hydrogens is 296 g/mol. The maximum Gasteiger partial charge on any atom is 0.324 e. The molecule has 0 spiro atoms. The van der Waals surface area contributed by atoms with Crippen LogP contribution >= 0.6 is 0 Å². The van der Waals surface area contributed by atoms with Gasteiger partial charge >= 0.3 is 6.03 Å². The minimum atomic E-state index is -2.59. The summed E-state index contributed by atoms with van der Waals surface area (Å²) >= 11 is 0. The van der Waals surface area contributed by atoms with Gasteiger partial charge in [0, 0.05) is 18.8 Å². The number of rotatable bonds is 6. The number of aromatic nitrogens is 3. The minimum Gasteiger partial charge on any atom is -0.472 e. The standard InChI is InChI=1S/C13H15F2N5O2/c1-2-20-7-9(6-16-20)17-13(21)19-11-4-3-5-12(18-11)22-8-10(14)15/h3-7,10H,2,8H2,1H3,(H2,17,18,19,21). The highest BCUT2D eigenvalue weighted by Gasteiger charge is 2.08. The van der Waals surface area contributed by atoms with Crippen LogP contribution in [-0.2, 0) is 6.54 Å². The van der Waals surface area contributed by atoms with Crippen molar-refractivity contribution in [1.82, 2.24) is 14.8 Å². The molecule has 7 nitrogen and oxygen atoms in total. The monoisotopic (exact) mass is 311 g/mol. The van der Waals surface area contributed by atoms with Gasteiger partial charge in [-0.1, -0.05) is 6.07 Å². The van der Waals surface area contributed by atoms with Crippen molar-refractivity contribution in [3.8, 4) is 5.88 Å². The average molecular weight is 311 g/mol. The number of hydrogen-bond acceptors (Lipinski definition) is 4. The van der Waals surface area contributed by atoms with Crippen LogP contribution in [0.3, 0.4) is 0 Å². The molecule has 118 valence electrons. The number of ether oxygens (including phenoxy) is 1. The zero-order chi connectivity index (χ0) is 15.9. The number of nitrogens with one attached hydrogen (secondary N) is 2. The number of alkyl halides is 2. The quantitative estimate of drug-likeness (QED) is 0.859. The Morgan fingerprint density at radius 2 is 2.23 bits per heavy atom. The molecule has 22 heavy (non-hydrogen) atoms. The van der Waals surface area contributed by atoms with E-state index in [2.05, 4.69) is 20.7 Å². The number of anilines is 2. The second-order valence-electron chi connectivity index (χ2n) is 4.23. The van der Waals surface area contributed by atoms with E-state index in [-0.39, 0.29) is 11.7 Å². The molecule has 0 saturated carbocycles. The van der Waals surface area contributed by atoms with Gasteiger partial charge < -0.3 is 10.1 Å². The lowest BCUT2D eigenvalue weighted by molar-refractivity contribution is 0.0796. The van der Waals surface area contributed by atoms with Gasteiger partial charge in [-0.05, 0) is 13.0 Å². The molecule has 0 aliphatic heterocycles. The van der Waals surface area contributed by atoms with Crippen molar-refractivity contribution in [3.05, 3.63) is 30.6 Å². The van der Waals surface area contributed by atoms with Gasteiger partial charge in [-0.2, -0.15) is 10.1 Å². The normalized spacial score (nSPS) is 10.5. The largest absolute Gasteiger partial charge is 0.472 e. The first kappa shape index (κ1) is 15.7. The molecule has 2 aromatic heterocycles. The third-order valence-corrected chi connectivity index (χ3v) is 2.54. The number of amides is 2. The SMILES string of the molecule is CCn1cc(NC(=O)Nc2cccc(OCC(F)F)n2)cn1. The van der Waals surface area contributed by atoms with Crippen LogP contribution in [0.15, 0.2) is 30.6 Å². The van der Waals surface area contributed by atoms with Gasteiger partial charge in [0.2, 0.25) is 5.88 Å². The van der Waals surface area contributed by atoms with Crippen LogP contribution in [0.5, 0.6) is 5.88 Å².